The van der Waals surface area contributed by atoms with Gasteiger partial charge in [-0.15, -0.1) is 0 Å². The van der Waals surface area contributed by atoms with Gasteiger partial charge in [-0.05, 0) is 145 Å². The normalized spacial score (nSPS) is 17.4. The summed E-state index contributed by atoms with van der Waals surface area (Å²) in [6.45, 7) is 14.3. The van der Waals surface area contributed by atoms with Gasteiger partial charge in [-0.25, -0.2) is 0 Å². The second-order valence-electron chi connectivity index (χ2n) is 18.8. The molecule has 1 saturated carbocycles. The van der Waals surface area contributed by atoms with E-state index in [0.717, 1.165) is 0 Å². The molecule has 0 atom stereocenters. The molecule has 0 N–H and O–H groups in total. The highest BCUT2D eigenvalue weighted by atomic mass is 15.1. The SMILES string of the molecule is CC1(C)c2ccccc2-c2ccc(N(c3ccc(C4CCCC4)cc3)c3ccc4c(c3)C(C)(C)c3ccc(-c5cccc6c5-c5ccccc5C6(C)C)cc3-4)cc21. The third kappa shape index (κ3) is 4.94. The summed E-state index contributed by atoms with van der Waals surface area (Å²) in [6, 6.07) is 56.2. The maximum absolute atomic E-state index is 2.51. The predicted molar refractivity (Wildman–Crippen MR) is 240 cm³/mol. The van der Waals surface area contributed by atoms with Gasteiger partial charge in [0.2, 0.25) is 0 Å². The second-order valence-corrected chi connectivity index (χ2v) is 18.8. The lowest BCUT2D eigenvalue weighted by molar-refractivity contribution is 0.660. The molecule has 1 nitrogen and oxygen atoms in total. The van der Waals surface area contributed by atoms with E-state index >= 15 is 0 Å². The number of hydrogen-bond acceptors (Lipinski definition) is 1. The van der Waals surface area contributed by atoms with E-state index < -0.39 is 0 Å². The van der Waals surface area contributed by atoms with E-state index in [1.54, 1.807) is 0 Å². The summed E-state index contributed by atoms with van der Waals surface area (Å²) >= 11 is 0. The van der Waals surface area contributed by atoms with Crippen molar-refractivity contribution in [3.63, 3.8) is 0 Å². The van der Waals surface area contributed by atoms with E-state index in [4.69, 9.17) is 0 Å². The Morgan fingerprint density at radius 2 is 0.877 bits per heavy atom. The first kappa shape index (κ1) is 34.6. The number of benzene rings is 7. The molecule has 0 unspecified atom stereocenters. The van der Waals surface area contributed by atoms with E-state index in [2.05, 4.69) is 192 Å². The first-order chi connectivity index (χ1) is 27.5. The van der Waals surface area contributed by atoms with E-state index in [1.165, 1.54) is 126 Å². The molecule has 1 fully saturated rings. The monoisotopic (exact) mass is 737 g/mol. The lowest BCUT2D eigenvalue weighted by atomic mass is 9.81. The highest BCUT2D eigenvalue weighted by Gasteiger charge is 2.40. The first-order valence-electron chi connectivity index (χ1n) is 21.2. The fraction of sp³-hybridized carbons (Fsp3) is 0.250. The number of rotatable bonds is 5. The zero-order valence-corrected chi connectivity index (χ0v) is 34.2. The highest BCUT2D eigenvalue weighted by Crippen LogP contribution is 2.56. The van der Waals surface area contributed by atoms with Crippen molar-refractivity contribution in [2.24, 2.45) is 0 Å². The van der Waals surface area contributed by atoms with Crippen LogP contribution in [0.5, 0.6) is 0 Å². The fourth-order valence-corrected chi connectivity index (χ4v) is 11.5. The van der Waals surface area contributed by atoms with E-state index in [9.17, 15) is 0 Å². The average molecular weight is 738 g/mol. The molecule has 0 bridgehead atoms. The van der Waals surface area contributed by atoms with Gasteiger partial charge in [-0.3, -0.25) is 0 Å². The van der Waals surface area contributed by atoms with Gasteiger partial charge >= 0.3 is 0 Å². The summed E-state index contributed by atoms with van der Waals surface area (Å²) < 4.78 is 0. The molecule has 0 radical (unpaired) electrons. The van der Waals surface area contributed by atoms with E-state index in [-0.39, 0.29) is 16.2 Å². The van der Waals surface area contributed by atoms with Gasteiger partial charge in [0, 0.05) is 33.3 Å². The summed E-state index contributed by atoms with van der Waals surface area (Å²) in [5, 5.41) is 0. The van der Waals surface area contributed by atoms with Crippen molar-refractivity contribution in [2.45, 2.75) is 89.4 Å². The number of anilines is 3. The number of nitrogens with zero attached hydrogens (tertiary/aromatic N) is 1. The van der Waals surface area contributed by atoms with Crippen LogP contribution in [0.25, 0.3) is 44.5 Å². The lowest BCUT2D eigenvalue weighted by Crippen LogP contribution is -2.18. The third-order valence-electron chi connectivity index (χ3n) is 14.6. The van der Waals surface area contributed by atoms with Crippen molar-refractivity contribution in [1.82, 2.24) is 0 Å². The fourth-order valence-electron chi connectivity index (χ4n) is 11.5. The van der Waals surface area contributed by atoms with Crippen LogP contribution >= 0.6 is 0 Å². The molecule has 280 valence electrons. The van der Waals surface area contributed by atoms with Crippen LogP contribution in [0.4, 0.5) is 17.1 Å². The van der Waals surface area contributed by atoms with Crippen molar-refractivity contribution >= 4 is 17.1 Å². The molecule has 57 heavy (non-hydrogen) atoms. The Bertz CT molecular complexity index is 2770. The molecule has 0 aliphatic heterocycles. The van der Waals surface area contributed by atoms with Gasteiger partial charge in [0.25, 0.3) is 0 Å². The van der Waals surface area contributed by atoms with Gasteiger partial charge in [0.1, 0.15) is 0 Å². The van der Waals surface area contributed by atoms with Crippen LogP contribution in [-0.4, -0.2) is 0 Å². The summed E-state index contributed by atoms with van der Waals surface area (Å²) in [5.74, 6) is 0.689. The number of hydrogen-bond donors (Lipinski definition) is 0. The van der Waals surface area contributed by atoms with Crippen LogP contribution in [0.3, 0.4) is 0 Å². The molecular formula is C56H51N. The summed E-state index contributed by atoms with van der Waals surface area (Å²) in [7, 11) is 0. The average Bonchev–Trinajstić information content (AvgIpc) is 3.96. The maximum atomic E-state index is 2.51. The van der Waals surface area contributed by atoms with Crippen molar-refractivity contribution in [2.75, 3.05) is 4.90 Å². The zero-order chi connectivity index (χ0) is 38.8. The predicted octanol–water partition coefficient (Wildman–Crippen LogP) is 15.4. The van der Waals surface area contributed by atoms with Crippen LogP contribution in [0.1, 0.15) is 112 Å². The van der Waals surface area contributed by atoms with Gasteiger partial charge in [-0.2, -0.15) is 0 Å². The standard InChI is InChI=1S/C56H51N/c1-54(2)48-20-12-10-17-45(48)53-41(18-13-21-50(53)54)37-24-31-49-46(32-37)44-30-28-40(34-52(44)56(49,5)6)57(38-25-22-36(23-26-38)35-14-7-8-15-35)39-27-29-43-42-16-9-11-19-47(42)55(3,4)51(43)33-39/h9-13,16-35H,7-8,14-15H2,1-6H3. The topological polar surface area (TPSA) is 3.24 Å². The van der Waals surface area contributed by atoms with Crippen LogP contribution < -0.4 is 4.90 Å². The molecule has 0 amide bonds. The Balaban J connectivity index is 1.04. The molecule has 11 rings (SSSR count). The minimum Gasteiger partial charge on any atom is -0.310 e. The molecule has 0 saturated heterocycles. The molecule has 7 aromatic carbocycles. The second kappa shape index (κ2) is 12.2. The molecule has 0 heterocycles. The first-order valence-corrected chi connectivity index (χ1v) is 21.2. The van der Waals surface area contributed by atoms with Gasteiger partial charge < -0.3 is 4.90 Å². The minimum atomic E-state index is -0.147. The Morgan fingerprint density at radius 1 is 0.386 bits per heavy atom. The summed E-state index contributed by atoms with van der Waals surface area (Å²) in [4.78, 5) is 2.51. The molecular weight excluding hydrogens is 687 g/mol. The highest BCUT2D eigenvalue weighted by molar-refractivity contribution is 5.95. The lowest BCUT2D eigenvalue weighted by Gasteiger charge is -2.30. The van der Waals surface area contributed by atoms with Gasteiger partial charge in [-0.1, -0.05) is 158 Å². The Morgan fingerprint density at radius 3 is 1.54 bits per heavy atom. The maximum Gasteiger partial charge on any atom is 0.0465 e. The van der Waals surface area contributed by atoms with Crippen LogP contribution in [0.15, 0.2) is 146 Å². The Kier molecular flexibility index (Phi) is 7.38. The van der Waals surface area contributed by atoms with Crippen molar-refractivity contribution < 1.29 is 0 Å². The molecule has 4 aliphatic rings. The van der Waals surface area contributed by atoms with Crippen molar-refractivity contribution in [3.05, 3.63) is 185 Å². The summed E-state index contributed by atoms with van der Waals surface area (Å²) in [5.41, 5.74) is 24.1. The molecule has 0 aromatic heterocycles. The largest absolute Gasteiger partial charge is 0.310 e. The minimum absolute atomic E-state index is 0.0229. The number of fused-ring (bicyclic) bond motifs is 9. The van der Waals surface area contributed by atoms with E-state index in [1.807, 2.05) is 0 Å². The van der Waals surface area contributed by atoms with Gasteiger partial charge in [0.05, 0.1) is 0 Å². The van der Waals surface area contributed by atoms with Crippen LogP contribution in [0.2, 0.25) is 0 Å². The Hall–Kier alpha value is -5.66. The third-order valence-corrected chi connectivity index (χ3v) is 14.6. The van der Waals surface area contributed by atoms with Crippen LogP contribution in [-0.2, 0) is 16.2 Å². The van der Waals surface area contributed by atoms with Crippen LogP contribution in [0, 0.1) is 0 Å². The smallest absolute Gasteiger partial charge is 0.0465 e. The molecule has 0 spiro atoms. The van der Waals surface area contributed by atoms with Crippen molar-refractivity contribution in [3.8, 4) is 44.5 Å². The van der Waals surface area contributed by atoms with Gasteiger partial charge in [0.15, 0.2) is 0 Å². The summed E-state index contributed by atoms with van der Waals surface area (Å²) in [6.07, 6.45) is 5.31. The molecule has 4 aliphatic carbocycles. The van der Waals surface area contributed by atoms with E-state index in [0.29, 0.717) is 5.92 Å². The molecule has 1 heteroatoms. The zero-order valence-electron chi connectivity index (χ0n) is 34.2. The molecule has 7 aromatic rings. The quantitative estimate of drug-likeness (QED) is 0.170. The Labute approximate surface area is 339 Å². The van der Waals surface area contributed by atoms with Crippen molar-refractivity contribution in [1.29, 1.82) is 0 Å².